The molecule has 136 valence electrons. The molecule has 1 aromatic carbocycles. The zero-order chi connectivity index (χ0) is 18.5. The molecule has 0 heterocycles. The van der Waals surface area contributed by atoms with Crippen LogP contribution in [0.15, 0.2) is 6.07 Å². The van der Waals surface area contributed by atoms with E-state index < -0.39 is 0 Å². The maximum Gasteiger partial charge on any atom is 0.206 e. The van der Waals surface area contributed by atoms with Gasteiger partial charge in [-0.25, -0.2) is 0 Å². The Morgan fingerprint density at radius 1 is 1.25 bits per heavy atom. The zero-order valence-electron chi connectivity index (χ0n) is 16.4. The third-order valence-corrected chi connectivity index (χ3v) is 5.29. The molecule has 24 heavy (non-hydrogen) atoms. The molecule has 1 unspecified atom stereocenters. The number of aryl methyl sites for hydroxylation is 2. The SMILES string of the molecule is CCCOc1c(C)cc(C)c(CCC(C)(C)C(C)C[N+](=O)[O-])c1C. The molecule has 0 saturated carbocycles. The van der Waals surface area contributed by atoms with Gasteiger partial charge in [0.25, 0.3) is 0 Å². The lowest BCUT2D eigenvalue weighted by molar-refractivity contribution is -0.491. The lowest BCUT2D eigenvalue weighted by atomic mass is 9.75. The lowest BCUT2D eigenvalue weighted by Gasteiger charge is -2.30. The van der Waals surface area contributed by atoms with Gasteiger partial charge in [-0.15, -0.1) is 0 Å². The van der Waals surface area contributed by atoms with Crippen LogP contribution in [0.1, 0.15) is 62.8 Å². The van der Waals surface area contributed by atoms with Crippen molar-refractivity contribution in [3.8, 4) is 5.75 Å². The minimum absolute atomic E-state index is 0.0315. The van der Waals surface area contributed by atoms with Gasteiger partial charge < -0.3 is 4.74 Å². The Labute approximate surface area is 146 Å². The summed E-state index contributed by atoms with van der Waals surface area (Å²) in [6, 6.07) is 2.20. The van der Waals surface area contributed by atoms with Crippen molar-refractivity contribution in [3.63, 3.8) is 0 Å². The number of rotatable bonds is 9. The van der Waals surface area contributed by atoms with E-state index in [1.165, 1.54) is 22.3 Å². The Bertz CT molecular complexity index is 579. The summed E-state index contributed by atoms with van der Waals surface area (Å²) >= 11 is 0. The molecule has 0 aliphatic heterocycles. The van der Waals surface area contributed by atoms with E-state index in [1.807, 2.05) is 6.92 Å². The fourth-order valence-corrected chi connectivity index (χ4v) is 3.18. The van der Waals surface area contributed by atoms with Crippen LogP contribution in [0.3, 0.4) is 0 Å². The van der Waals surface area contributed by atoms with Crippen molar-refractivity contribution in [2.45, 2.75) is 67.7 Å². The molecule has 0 fully saturated rings. The number of hydrogen-bond donors (Lipinski definition) is 0. The molecular formula is C20H33NO3. The minimum Gasteiger partial charge on any atom is -0.493 e. The fourth-order valence-electron chi connectivity index (χ4n) is 3.18. The third-order valence-electron chi connectivity index (χ3n) is 5.29. The first kappa shape index (κ1) is 20.5. The van der Waals surface area contributed by atoms with E-state index in [1.54, 1.807) is 0 Å². The molecule has 1 aromatic rings. The van der Waals surface area contributed by atoms with E-state index in [4.69, 9.17) is 4.74 Å². The van der Waals surface area contributed by atoms with Gasteiger partial charge in [0, 0.05) is 10.8 Å². The van der Waals surface area contributed by atoms with Gasteiger partial charge in [0.05, 0.1) is 6.61 Å². The number of hydrogen-bond acceptors (Lipinski definition) is 3. The molecule has 4 nitrogen and oxygen atoms in total. The predicted octanol–water partition coefficient (Wildman–Crippen LogP) is 5.27. The van der Waals surface area contributed by atoms with Crippen molar-refractivity contribution in [1.29, 1.82) is 0 Å². The summed E-state index contributed by atoms with van der Waals surface area (Å²) in [5.74, 6) is 1.06. The van der Waals surface area contributed by atoms with E-state index in [0.717, 1.165) is 31.6 Å². The third kappa shape index (κ3) is 5.22. The van der Waals surface area contributed by atoms with E-state index in [9.17, 15) is 10.1 Å². The van der Waals surface area contributed by atoms with Crippen molar-refractivity contribution in [2.75, 3.05) is 13.2 Å². The molecule has 0 spiro atoms. The number of nitro groups is 1. The van der Waals surface area contributed by atoms with Crippen LogP contribution in [0.2, 0.25) is 0 Å². The first-order chi connectivity index (χ1) is 11.1. The number of ether oxygens (including phenoxy) is 1. The van der Waals surface area contributed by atoms with Crippen LogP contribution >= 0.6 is 0 Å². The summed E-state index contributed by atoms with van der Waals surface area (Å²) in [4.78, 5) is 10.6. The van der Waals surface area contributed by atoms with E-state index in [2.05, 4.69) is 47.6 Å². The van der Waals surface area contributed by atoms with Gasteiger partial charge in [0.15, 0.2) is 0 Å². The number of benzene rings is 1. The second-order valence-corrected chi connectivity index (χ2v) is 7.70. The van der Waals surface area contributed by atoms with Crippen LogP contribution in [-0.2, 0) is 6.42 Å². The van der Waals surface area contributed by atoms with E-state index in [0.29, 0.717) is 0 Å². The van der Waals surface area contributed by atoms with Gasteiger partial charge in [-0.1, -0.05) is 33.8 Å². The Morgan fingerprint density at radius 3 is 2.42 bits per heavy atom. The van der Waals surface area contributed by atoms with Crippen LogP contribution in [0.5, 0.6) is 5.75 Å². The summed E-state index contributed by atoms with van der Waals surface area (Å²) in [7, 11) is 0. The highest BCUT2D eigenvalue weighted by atomic mass is 16.6. The maximum atomic E-state index is 10.8. The van der Waals surface area contributed by atoms with Crippen LogP contribution in [0, 0.1) is 42.2 Å². The molecule has 4 heteroatoms. The van der Waals surface area contributed by atoms with Crippen LogP contribution in [0.25, 0.3) is 0 Å². The second kappa shape index (κ2) is 8.50. The molecule has 1 rings (SSSR count). The van der Waals surface area contributed by atoms with Gasteiger partial charge in [0.2, 0.25) is 6.54 Å². The molecule has 0 amide bonds. The van der Waals surface area contributed by atoms with Crippen molar-refractivity contribution >= 4 is 0 Å². The maximum absolute atomic E-state index is 10.8. The highest BCUT2D eigenvalue weighted by Crippen LogP contribution is 2.35. The van der Waals surface area contributed by atoms with Gasteiger partial charge in [-0.3, -0.25) is 10.1 Å². The van der Waals surface area contributed by atoms with Gasteiger partial charge in [0.1, 0.15) is 5.75 Å². The zero-order valence-corrected chi connectivity index (χ0v) is 16.4. The molecule has 0 bridgehead atoms. The number of nitrogens with zero attached hydrogens (tertiary/aromatic N) is 1. The average Bonchev–Trinajstić information content (AvgIpc) is 2.45. The van der Waals surface area contributed by atoms with Crippen molar-refractivity contribution in [3.05, 3.63) is 38.4 Å². The van der Waals surface area contributed by atoms with Crippen LogP contribution in [-0.4, -0.2) is 18.1 Å². The Morgan fingerprint density at radius 2 is 1.88 bits per heavy atom. The van der Waals surface area contributed by atoms with E-state index >= 15 is 0 Å². The van der Waals surface area contributed by atoms with Gasteiger partial charge in [-0.2, -0.15) is 0 Å². The molecule has 0 N–H and O–H groups in total. The van der Waals surface area contributed by atoms with E-state index in [-0.39, 0.29) is 22.8 Å². The van der Waals surface area contributed by atoms with Crippen molar-refractivity contribution in [1.82, 2.24) is 0 Å². The Balaban J connectivity index is 2.96. The largest absolute Gasteiger partial charge is 0.493 e. The summed E-state index contributed by atoms with van der Waals surface area (Å²) in [5.41, 5.74) is 4.95. The Hall–Kier alpha value is -1.58. The minimum atomic E-state index is -0.203. The molecule has 0 saturated heterocycles. The molecule has 1 atom stereocenters. The average molecular weight is 335 g/mol. The summed E-state index contributed by atoms with van der Waals surface area (Å²) < 4.78 is 5.96. The van der Waals surface area contributed by atoms with Crippen LogP contribution < -0.4 is 4.74 Å². The quantitative estimate of drug-likeness (QED) is 0.456. The lowest BCUT2D eigenvalue weighted by Crippen LogP contribution is -2.28. The molecule has 0 aromatic heterocycles. The molecular weight excluding hydrogens is 302 g/mol. The fraction of sp³-hybridized carbons (Fsp3) is 0.700. The highest BCUT2D eigenvalue weighted by Gasteiger charge is 2.29. The first-order valence-corrected chi connectivity index (χ1v) is 8.94. The van der Waals surface area contributed by atoms with Crippen LogP contribution in [0.4, 0.5) is 0 Å². The topological polar surface area (TPSA) is 52.4 Å². The van der Waals surface area contributed by atoms with Crippen molar-refractivity contribution < 1.29 is 9.66 Å². The molecule has 0 aliphatic rings. The normalized spacial score (nSPS) is 13.0. The molecule has 0 radical (unpaired) electrons. The summed E-state index contributed by atoms with van der Waals surface area (Å²) in [6.45, 7) is 15.5. The monoisotopic (exact) mass is 335 g/mol. The Kier molecular flexibility index (Phi) is 7.25. The standard InChI is InChI=1S/C20H33NO3/c1-8-11-24-19-15(3)12-14(2)18(17(19)5)9-10-20(6,7)16(4)13-21(22)23/h12,16H,8-11,13H2,1-7H3. The second-order valence-electron chi connectivity index (χ2n) is 7.70. The highest BCUT2D eigenvalue weighted by molar-refractivity contribution is 5.49. The summed E-state index contributed by atoms with van der Waals surface area (Å²) in [6.07, 6.45) is 2.85. The van der Waals surface area contributed by atoms with Gasteiger partial charge >= 0.3 is 0 Å². The predicted molar refractivity (Wildman–Crippen MR) is 99.6 cm³/mol. The smallest absolute Gasteiger partial charge is 0.206 e. The van der Waals surface area contributed by atoms with Gasteiger partial charge in [-0.05, 0) is 67.7 Å². The summed E-state index contributed by atoms with van der Waals surface area (Å²) in [5, 5.41) is 10.8. The first-order valence-electron chi connectivity index (χ1n) is 8.94. The molecule has 0 aliphatic carbocycles. The van der Waals surface area contributed by atoms with Crippen molar-refractivity contribution in [2.24, 2.45) is 11.3 Å².